The van der Waals surface area contributed by atoms with Crippen molar-refractivity contribution in [2.45, 2.75) is 83.4 Å². The van der Waals surface area contributed by atoms with Gasteiger partial charge in [0.05, 0.1) is 0 Å². The normalized spacial score (nSPS) is 21.2. The van der Waals surface area contributed by atoms with Crippen LogP contribution in [0.3, 0.4) is 0 Å². The molecule has 4 nitrogen and oxygen atoms in total. The number of hydrogen-bond acceptors (Lipinski definition) is 3. The first-order chi connectivity index (χ1) is 8.22. The van der Waals surface area contributed by atoms with E-state index in [4.69, 9.17) is 10.5 Å². The smallest absolute Gasteiger partial charge is 0.408 e. The zero-order valence-electron chi connectivity index (χ0n) is 12.2. The van der Waals surface area contributed by atoms with Crippen molar-refractivity contribution in [3.8, 4) is 0 Å². The molecule has 0 aromatic rings. The summed E-state index contributed by atoms with van der Waals surface area (Å²) in [5.74, 6) is 0. The second kappa shape index (κ2) is 5.91. The van der Waals surface area contributed by atoms with Gasteiger partial charge in [0.1, 0.15) is 5.60 Å². The average Bonchev–Trinajstić information content (AvgIpc) is 2.13. The van der Waals surface area contributed by atoms with Crippen LogP contribution in [0.2, 0.25) is 0 Å². The summed E-state index contributed by atoms with van der Waals surface area (Å²) in [5.41, 5.74) is 5.31. The van der Waals surface area contributed by atoms with Gasteiger partial charge in [-0.05, 0) is 47.0 Å². The summed E-state index contributed by atoms with van der Waals surface area (Å²) in [4.78, 5) is 11.9. The lowest BCUT2D eigenvalue weighted by molar-refractivity contribution is 0.0411. The minimum absolute atomic E-state index is 0.0954. The molecule has 106 valence electrons. The maximum Gasteiger partial charge on any atom is 0.408 e. The number of carbonyl (C=O) groups is 1. The predicted octanol–water partition coefficient (Wildman–Crippen LogP) is 2.95. The number of nitrogens with two attached hydrogens (primary N) is 1. The lowest BCUT2D eigenvalue weighted by atomic mass is 9.78. The van der Waals surface area contributed by atoms with Gasteiger partial charge in [-0.3, -0.25) is 0 Å². The van der Waals surface area contributed by atoms with Crippen LogP contribution in [0, 0.1) is 0 Å². The van der Waals surface area contributed by atoms with E-state index >= 15 is 0 Å². The molecule has 1 aliphatic rings. The van der Waals surface area contributed by atoms with Gasteiger partial charge in [0.2, 0.25) is 0 Å². The third-order valence-corrected chi connectivity index (χ3v) is 3.29. The van der Waals surface area contributed by atoms with Crippen LogP contribution in [0.15, 0.2) is 0 Å². The van der Waals surface area contributed by atoms with Crippen molar-refractivity contribution in [3.63, 3.8) is 0 Å². The number of hydrogen-bond donors (Lipinski definition) is 2. The molecule has 0 aromatic heterocycles. The summed E-state index contributed by atoms with van der Waals surface area (Å²) < 4.78 is 5.36. The third kappa shape index (κ3) is 5.25. The first-order valence-corrected chi connectivity index (χ1v) is 6.99. The first kappa shape index (κ1) is 15.3. The van der Waals surface area contributed by atoms with E-state index < -0.39 is 5.60 Å². The van der Waals surface area contributed by atoms with Crippen molar-refractivity contribution in [3.05, 3.63) is 0 Å². The molecule has 0 aromatic carbocycles. The van der Waals surface area contributed by atoms with Crippen LogP contribution in [0.4, 0.5) is 4.79 Å². The van der Waals surface area contributed by atoms with Crippen molar-refractivity contribution in [1.82, 2.24) is 5.32 Å². The summed E-state index contributed by atoms with van der Waals surface area (Å²) in [6, 6.07) is 0.0954. The molecule has 1 rings (SSSR count). The van der Waals surface area contributed by atoms with E-state index in [2.05, 4.69) is 5.32 Å². The van der Waals surface area contributed by atoms with Crippen LogP contribution < -0.4 is 11.1 Å². The summed E-state index contributed by atoms with van der Waals surface area (Å²) in [7, 11) is 0. The SMILES string of the molecule is C[C@@H](N)CC1(NC(=O)OC(C)(C)C)CCCCC1. The molecule has 1 saturated carbocycles. The van der Waals surface area contributed by atoms with E-state index in [-0.39, 0.29) is 17.7 Å². The number of nitrogens with one attached hydrogen (secondary N) is 1. The van der Waals surface area contributed by atoms with E-state index in [1.807, 2.05) is 27.7 Å². The van der Waals surface area contributed by atoms with Gasteiger partial charge in [0.15, 0.2) is 0 Å². The third-order valence-electron chi connectivity index (χ3n) is 3.29. The van der Waals surface area contributed by atoms with E-state index in [0.29, 0.717) is 0 Å². The van der Waals surface area contributed by atoms with Crippen LogP contribution in [-0.2, 0) is 4.74 Å². The Morgan fingerprint density at radius 2 is 1.89 bits per heavy atom. The van der Waals surface area contributed by atoms with Crippen LogP contribution in [-0.4, -0.2) is 23.3 Å². The molecule has 3 N–H and O–H groups in total. The summed E-state index contributed by atoms with van der Waals surface area (Å²) in [5, 5.41) is 3.08. The van der Waals surface area contributed by atoms with Crippen molar-refractivity contribution >= 4 is 6.09 Å². The molecule has 0 aliphatic heterocycles. The van der Waals surface area contributed by atoms with Gasteiger partial charge in [-0.15, -0.1) is 0 Å². The minimum Gasteiger partial charge on any atom is -0.444 e. The van der Waals surface area contributed by atoms with Gasteiger partial charge in [-0.25, -0.2) is 4.79 Å². The van der Waals surface area contributed by atoms with Gasteiger partial charge in [-0.2, -0.15) is 0 Å². The zero-order chi connectivity index (χ0) is 13.8. The maximum atomic E-state index is 11.9. The van der Waals surface area contributed by atoms with Gasteiger partial charge in [0, 0.05) is 11.6 Å². The van der Waals surface area contributed by atoms with Gasteiger partial charge in [-0.1, -0.05) is 19.3 Å². The molecule has 18 heavy (non-hydrogen) atoms. The number of ether oxygens (including phenoxy) is 1. The highest BCUT2D eigenvalue weighted by Gasteiger charge is 2.35. The predicted molar refractivity (Wildman–Crippen MR) is 73.5 cm³/mol. The Bertz CT molecular complexity index is 276. The zero-order valence-corrected chi connectivity index (χ0v) is 12.2. The van der Waals surface area contributed by atoms with Gasteiger partial charge < -0.3 is 15.8 Å². The van der Waals surface area contributed by atoms with Crippen molar-refractivity contribution < 1.29 is 9.53 Å². The highest BCUT2D eigenvalue weighted by molar-refractivity contribution is 5.68. The molecule has 0 saturated heterocycles. The van der Waals surface area contributed by atoms with Crippen molar-refractivity contribution in [1.29, 1.82) is 0 Å². The number of amides is 1. The average molecular weight is 256 g/mol. The Hall–Kier alpha value is -0.770. The highest BCUT2D eigenvalue weighted by atomic mass is 16.6. The molecule has 1 amide bonds. The van der Waals surface area contributed by atoms with Crippen molar-refractivity contribution in [2.24, 2.45) is 5.73 Å². The largest absolute Gasteiger partial charge is 0.444 e. The van der Waals surface area contributed by atoms with Crippen LogP contribution in [0.5, 0.6) is 0 Å². The Morgan fingerprint density at radius 1 is 1.33 bits per heavy atom. The fourth-order valence-electron chi connectivity index (χ4n) is 2.75. The monoisotopic (exact) mass is 256 g/mol. The maximum absolute atomic E-state index is 11.9. The molecule has 1 aliphatic carbocycles. The van der Waals surface area contributed by atoms with Crippen LogP contribution in [0.25, 0.3) is 0 Å². The fourth-order valence-corrected chi connectivity index (χ4v) is 2.75. The number of carbonyl (C=O) groups excluding carboxylic acids is 1. The first-order valence-electron chi connectivity index (χ1n) is 6.99. The molecule has 4 heteroatoms. The molecule has 0 bridgehead atoms. The fraction of sp³-hybridized carbons (Fsp3) is 0.929. The Morgan fingerprint density at radius 3 is 2.33 bits per heavy atom. The highest BCUT2D eigenvalue weighted by Crippen LogP contribution is 2.32. The van der Waals surface area contributed by atoms with E-state index in [9.17, 15) is 4.79 Å². The topological polar surface area (TPSA) is 64.3 Å². The quantitative estimate of drug-likeness (QED) is 0.816. The van der Waals surface area contributed by atoms with E-state index in [0.717, 1.165) is 32.1 Å². The lowest BCUT2D eigenvalue weighted by Gasteiger charge is -2.39. The Labute approximate surface area is 111 Å². The molecule has 0 heterocycles. The van der Waals surface area contributed by atoms with Gasteiger partial charge >= 0.3 is 6.09 Å². The van der Waals surface area contributed by atoms with E-state index in [1.54, 1.807) is 0 Å². The second-order valence-corrected chi connectivity index (χ2v) is 6.65. The molecular weight excluding hydrogens is 228 g/mol. The minimum atomic E-state index is -0.450. The Kier molecular flexibility index (Phi) is 5.02. The molecule has 1 atom stereocenters. The number of rotatable bonds is 3. The lowest BCUT2D eigenvalue weighted by Crippen LogP contribution is -2.53. The standard InChI is InChI=1S/C14H28N2O2/c1-11(15)10-14(8-6-5-7-9-14)16-12(17)18-13(2,3)4/h11H,5-10,15H2,1-4H3,(H,16,17)/t11-/m1/s1. The number of alkyl carbamates (subject to hydrolysis) is 1. The molecule has 0 spiro atoms. The Balaban J connectivity index is 2.63. The van der Waals surface area contributed by atoms with Crippen molar-refractivity contribution in [2.75, 3.05) is 0 Å². The second-order valence-electron chi connectivity index (χ2n) is 6.65. The summed E-state index contributed by atoms with van der Waals surface area (Å²) in [6.07, 6.45) is 6.08. The van der Waals surface area contributed by atoms with E-state index in [1.165, 1.54) is 6.42 Å². The summed E-state index contributed by atoms with van der Waals surface area (Å²) in [6.45, 7) is 7.64. The van der Waals surface area contributed by atoms with Crippen LogP contribution in [0.1, 0.15) is 66.2 Å². The molecule has 1 fully saturated rings. The molecular formula is C14H28N2O2. The van der Waals surface area contributed by atoms with Gasteiger partial charge in [0.25, 0.3) is 0 Å². The molecule has 0 unspecified atom stereocenters. The molecule has 0 radical (unpaired) electrons. The van der Waals surface area contributed by atoms with Crippen LogP contribution >= 0.6 is 0 Å². The summed E-state index contributed by atoms with van der Waals surface area (Å²) >= 11 is 0.